The SMILES string of the molecule is CC(CNCc1cccc(Br)c1O)NC(=O)OC(C)(C)C. The summed E-state index contributed by atoms with van der Waals surface area (Å²) in [7, 11) is 0. The summed E-state index contributed by atoms with van der Waals surface area (Å²) in [5, 5.41) is 15.8. The Hall–Kier alpha value is -1.27. The fourth-order valence-corrected chi connectivity index (χ4v) is 2.09. The van der Waals surface area contributed by atoms with Crippen LogP contribution in [0, 0.1) is 0 Å². The summed E-state index contributed by atoms with van der Waals surface area (Å²) in [6, 6.07) is 5.42. The van der Waals surface area contributed by atoms with Crippen LogP contribution in [0.1, 0.15) is 33.3 Å². The lowest BCUT2D eigenvalue weighted by molar-refractivity contribution is 0.0508. The number of carbonyl (C=O) groups is 1. The average molecular weight is 359 g/mol. The van der Waals surface area contributed by atoms with Gasteiger partial charge in [0.05, 0.1) is 4.47 Å². The van der Waals surface area contributed by atoms with Gasteiger partial charge in [-0.15, -0.1) is 0 Å². The maximum atomic E-state index is 11.6. The van der Waals surface area contributed by atoms with Gasteiger partial charge in [0.2, 0.25) is 0 Å². The van der Waals surface area contributed by atoms with Gasteiger partial charge >= 0.3 is 6.09 Å². The van der Waals surface area contributed by atoms with E-state index in [0.717, 1.165) is 5.56 Å². The minimum Gasteiger partial charge on any atom is -0.506 e. The van der Waals surface area contributed by atoms with Crippen molar-refractivity contribution >= 4 is 22.0 Å². The maximum Gasteiger partial charge on any atom is 0.407 e. The van der Waals surface area contributed by atoms with Crippen molar-refractivity contribution in [1.82, 2.24) is 10.6 Å². The molecule has 5 nitrogen and oxygen atoms in total. The number of phenolic OH excluding ortho intramolecular Hbond substituents is 1. The van der Waals surface area contributed by atoms with E-state index in [0.29, 0.717) is 17.6 Å². The van der Waals surface area contributed by atoms with Crippen LogP contribution in [0.25, 0.3) is 0 Å². The minimum absolute atomic E-state index is 0.0749. The van der Waals surface area contributed by atoms with Gasteiger partial charge in [-0.1, -0.05) is 12.1 Å². The molecule has 0 aliphatic carbocycles. The van der Waals surface area contributed by atoms with E-state index in [2.05, 4.69) is 26.6 Å². The molecule has 0 fully saturated rings. The molecule has 6 heteroatoms. The smallest absolute Gasteiger partial charge is 0.407 e. The molecule has 21 heavy (non-hydrogen) atoms. The molecule has 0 bridgehead atoms. The number of nitrogens with one attached hydrogen (secondary N) is 2. The van der Waals surface area contributed by atoms with Crippen LogP contribution in [-0.4, -0.2) is 29.4 Å². The number of phenols is 1. The zero-order valence-electron chi connectivity index (χ0n) is 12.9. The molecular formula is C15H23BrN2O3. The predicted octanol–water partition coefficient (Wildman–Crippen LogP) is 3.16. The van der Waals surface area contributed by atoms with Crippen LogP contribution in [0.3, 0.4) is 0 Å². The normalized spacial score (nSPS) is 12.8. The van der Waals surface area contributed by atoms with E-state index < -0.39 is 11.7 Å². The summed E-state index contributed by atoms with van der Waals surface area (Å²) in [5.74, 6) is 0.234. The van der Waals surface area contributed by atoms with Crippen LogP contribution >= 0.6 is 15.9 Å². The molecule has 0 heterocycles. The third-order valence-electron chi connectivity index (χ3n) is 2.60. The molecule has 0 saturated heterocycles. The van der Waals surface area contributed by atoms with Crippen LogP contribution in [0.2, 0.25) is 0 Å². The second-order valence-electron chi connectivity index (χ2n) is 5.93. The van der Waals surface area contributed by atoms with E-state index in [4.69, 9.17) is 4.74 Å². The Morgan fingerprint density at radius 2 is 2.10 bits per heavy atom. The zero-order valence-corrected chi connectivity index (χ0v) is 14.5. The van der Waals surface area contributed by atoms with Gasteiger partial charge in [-0.25, -0.2) is 4.79 Å². The molecule has 0 aliphatic heterocycles. The van der Waals surface area contributed by atoms with Gasteiger partial charge in [0, 0.05) is 24.7 Å². The van der Waals surface area contributed by atoms with E-state index in [1.54, 1.807) is 6.07 Å². The summed E-state index contributed by atoms with van der Waals surface area (Å²) < 4.78 is 5.85. The predicted molar refractivity (Wildman–Crippen MR) is 86.3 cm³/mol. The topological polar surface area (TPSA) is 70.6 Å². The second kappa shape index (κ2) is 7.66. The molecule has 1 aromatic carbocycles. The molecule has 0 radical (unpaired) electrons. The van der Waals surface area contributed by atoms with Crippen molar-refractivity contribution < 1.29 is 14.6 Å². The van der Waals surface area contributed by atoms with Gasteiger partial charge in [0.25, 0.3) is 0 Å². The number of carbonyl (C=O) groups excluding carboxylic acids is 1. The van der Waals surface area contributed by atoms with Crippen LogP contribution in [-0.2, 0) is 11.3 Å². The van der Waals surface area contributed by atoms with E-state index in [9.17, 15) is 9.90 Å². The average Bonchev–Trinajstić information content (AvgIpc) is 2.32. The monoisotopic (exact) mass is 358 g/mol. The van der Waals surface area contributed by atoms with Crippen LogP contribution < -0.4 is 10.6 Å². The summed E-state index contributed by atoms with van der Waals surface area (Å²) in [4.78, 5) is 11.6. The van der Waals surface area contributed by atoms with Crippen molar-refractivity contribution in [2.45, 2.75) is 45.9 Å². The molecule has 0 spiro atoms. The lowest BCUT2D eigenvalue weighted by Gasteiger charge is -2.22. The molecule has 118 valence electrons. The van der Waals surface area contributed by atoms with Crippen LogP contribution in [0.5, 0.6) is 5.75 Å². The van der Waals surface area contributed by atoms with E-state index in [1.807, 2.05) is 39.8 Å². The molecule has 0 aromatic heterocycles. The van der Waals surface area contributed by atoms with Crippen LogP contribution in [0.15, 0.2) is 22.7 Å². The van der Waals surface area contributed by atoms with Gasteiger partial charge < -0.3 is 20.5 Å². The number of alkyl carbamates (subject to hydrolysis) is 1. The number of rotatable bonds is 5. The lowest BCUT2D eigenvalue weighted by atomic mass is 10.2. The number of amides is 1. The molecular weight excluding hydrogens is 336 g/mol. The van der Waals surface area contributed by atoms with Crippen LogP contribution in [0.4, 0.5) is 4.79 Å². The highest BCUT2D eigenvalue weighted by Gasteiger charge is 2.17. The number of halogens is 1. The molecule has 1 aromatic rings. The van der Waals surface area contributed by atoms with Crippen molar-refractivity contribution in [1.29, 1.82) is 0 Å². The number of benzene rings is 1. The summed E-state index contributed by atoms with van der Waals surface area (Å²) in [6.45, 7) is 8.46. The fraction of sp³-hybridized carbons (Fsp3) is 0.533. The summed E-state index contributed by atoms with van der Waals surface area (Å²) >= 11 is 3.28. The lowest BCUT2D eigenvalue weighted by Crippen LogP contribution is -2.42. The highest BCUT2D eigenvalue weighted by molar-refractivity contribution is 9.10. The number of ether oxygens (including phenoxy) is 1. The van der Waals surface area contributed by atoms with Gasteiger partial charge in [-0.3, -0.25) is 0 Å². The third kappa shape index (κ3) is 6.82. The Kier molecular flexibility index (Phi) is 6.48. The van der Waals surface area contributed by atoms with E-state index in [1.165, 1.54) is 0 Å². The third-order valence-corrected chi connectivity index (χ3v) is 3.24. The standard InChI is InChI=1S/C15H23BrN2O3/c1-10(18-14(20)21-15(2,3)4)8-17-9-11-6-5-7-12(16)13(11)19/h5-7,10,17,19H,8-9H2,1-4H3,(H,18,20). The first-order valence-corrected chi connectivity index (χ1v) is 7.65. The largest absolute Gasteiger partial charge is 0.506 e. The highest BCUT2D eigenvalue weighted by atomic mass is 79.9. The van der Waals surface area contributed by atoms with Crippen molar-refractivity contribution in [3.05, 3.63) is 28.2 Å². The van der Waals surface area contributed by atoms with Gasteiger partial charge in [0.15, 0.2) is 0 Å². The highest BCUT2D eigenvalue weighted by Crippen LogP contribution is 2.27. The number of para-hydroxylation sites is 1. The Morgan fingerprint density at radius 1 is 1.43 bits per heavy atom. The molecule has 1 atom stereocenters. The van der Waals surface area contributed by atoms with Gasteiger partial charge in [0.1, 0.15) is 11.4 Å². The minimum atomic E-state index is -0.501. The van der Waals surface area contributed by atoms with Crippen molar-refractivity contribution in [3.8, 4) is 5.75 Å². The first-order chi connectivity index (χ1) is 9.69. The molecule has 0 aliphatic rings. The van der Waals surface area contributed by atoms with Crippen molar-refractivity contribution in [2.24, 2.45) is 0 Å². The van der Waals surface area contributed by atoms with Gasteiger partial charge in [-0.2, -0.15) is 0 Å². The number of hydrogen-bond acceptors (Lipinski definition) is 4. The molecule has 1 rings (SSSR count). The molecule has 1 amide bonds. The van der Waals surface area contributed by atoms with Crippen molar-refractivity contribution in [2.75, 3.05) is 6.54 Å². The Labute approximate surface area is 134 Å². The van der Waals surface area contributed by atoms with E-state index >= 15 is 0 Å². The first kappa shape index (κ1) is 17.8. The number of aromatic hydroxyl groups is 1. The number of hydrogen-bond donors (Lipinski definition) is 3. The zero-order chi connectivity index (χ0) is 16.0. The second-order valence-corrected chi connectivity index (χ2v) is 6.78. The molecule has 1 unspecified atom stereocenters. The summed E-state index contributed by atoms with van der Waals surface area (Å²) in [6.07, 6.45) is -0.429. The quantitative estimate of drug-likeness (QED) is 0.755. The summed E-state index contributed by atoms with van der Waals surface area (Å²) in [5.41, 5.74) is 0.299. The maximum absolute atomic E-state index is 11.6. The molecule has 0 saturated carbocycles. The van der Waals surface area contributed by atoms with Gasteiger partial charge in [-0.05, 0) is 49.7 Å². The van der Waals surface area contributed by atoms with E-state index in [-0.39, 0.29) is 11.8 Å². The Balaban J connectivity index is 2.35. The Bertz CT molecular complexity index is 486. The molecule has 3 N–H and O–H groups in total. The fourth-order valence-electron chi connectivity index (χ4n) is 1.69. The Morgan fingerprint density at radius 3 is 2.71 bits per heavy atom. The van der Waals surface area contributed by atoms with Crippen molar-refractivity contribution in [3.63, 3.8) is 0 Å². The first-order valence-electron chi connectivity index (χ1n) is 6.85.